The standard InChI is InChI=1S/C22H23NO3S2/c1-3-4-12-26-18-11-10-17(13-19(18)25-2)14-20-21(24)23(22(27)28-20)15-16-8-6-5-7-9-16/h5-11,13-14H,3-4,12,15H2,1-2H3/b20-14+. The molecule has 0 N–H and O–H groups in total. The van der Waals surface area contributed by atoms with Crippen LogP contribution in [0.2, 0.25) is 0 Å². The topological polar surface area (TPSA) is 38.8 Å². The van der Waals surface area contributed by atoms with Crippen LogP contribution in [-0.2, 0) is 11.3 Å². The minimum absolute atomic E-state index is 0.0684. The highest BCUT2D eigenvalue weighted by molar-refractivity contribution is 8.26. The molecule has 2 aromatic carbocycles. The van der Waals surface area contributed by atoms with E-state index < -0.39 is 0 Å². The molecule has 0 saturated carbocycles. The summed E-state index contributed by atoms with van der Waals surface area (Å²) < 4.78 is 11.8. The normalized spacial score (nSPS) is 15.4. The first-order chi connectivity index (χ1) is 13.6. The van der Waals surface area contributed by atoms with Crippen molar-refractivity contribution in [1.82, 2.24) is 4.90 Å². The summed E-state index contributed by atoms with van der Waals surface area (Å²) >= 11 is 6.75. The fourth-order valence-electron chi connectivity index (χ4n) is 2.77. The van der Waals surface area contributed by atoms with Gasteiger partial charge in [0.05, 0.1) is 25.2 Å². The van der Waals surface area contributed by atoms with Crippen LogP contribution in [0.25, 0.3) is 6.08 Å². The van der Waals surface area contributed by atoms with E-state index in [1.165, 1.54) is 11.8 Å². The first-order valence-electron chi connectivity index (χ1n) is 9.22. The van der Waals surface area contributed by atoms with Crippen LogP contribution in [0.15, 0.2) is 53.4 Å². The lowest BCUT2D eigenvalue weighted by Gasteiger charge is -2.14. The largest absolute Gasteiger partial charge is 0.493 e. The van der Waals surface area contributed by atoms with Crippen molar-refractivity contribution in [1.29, 1.82) is 0 Å². The summed E-state index contributed by atoms with van der Waals surface area (Å²) in [5.41, 5.74) is 1.93. The molecule has 0 unspecified atom stereocenters. The van der Waals surface area contributed by atoms with E-state index in [2.05, 4.69) is 6.92 Å². The molecule has 3 rings (SSSR count). The van der Waals surface area contributed by atoms with Crippen LogP contribution in [0.3, 0.4) is 0 Å². The van der Waals surface area contributed by atoms with Crippen LogP contribution in [-0.4, -0.2) is 28.8 Å². The molecule has 0 spiro atoms. The summed E-state index contributed by atoms with van der Waals surface area (Å²) in [4.78, 5) is 15.1. The van der Waals surface area contributed by atoms with Crippen LogP contribution in [0.1, 0.15) is 30.9 Å². The van der Waals surface area contributed by atoms with Crippen LogP contribution < -0.4 is 9.47 Å². The van der Waals surface area contributed by atoms with Crippen molar-refractivity contribution in [2.75, 3.05) is 13.7 Å². The molecular formula is C22H23NO3S2. The fourth-order valence-corrected chi connectivity index (χ4v) is 4.03. The Morgan fingerprint density at radius 2 is 1.93 bits per heavy atom. The van der Waals surface area contributed by atoms with Gasteiger partial charge in [-0.3, -0.25) is 9.69 Å². The van der Waals surface area contributed by atoms with Crippen LogP contribution in [0, 0.1) is 0 Å². The summed E-state index contributed by atoms with van der Waals surface area (Å²) in [7, 11) is 1.62. The molecule has 0 atom stereocenters. The van der Waals surface area contributed by atoms with Crippen molar-refractivity contribution in [2.45, 2.75) is 26.3 Å². The molecule has 0 aliphatic carbocycles. The number of benzene rings is 2. The minimum Gasteiger partial charge on any atom is -0.493 e. The van der Waals surface area contributed by atoms with E-state index >= 15 is 0 Å². The quantitative estimate of drug-likeness (QED) is 0.335. The molecule has 4 nitrogen and oxygen atoms in total. The van der Waals surface area contributed by atoms with Gasteiger partial charge in [0.25, 0.3) is 5.91 Å². The van der Waals surface area contributed by atoms with Crippen molar-refractivity contribution in [3.8, 4) is 11.5 Å². The van der Waals surface area contributed by atoms with E-state index in [-0.39, 0.29) is 5.91 Å². The second kappa shape index (κ2) is 9.75. The summed E-state index contributed by atoms with van der Waals surface area (Å²) in [6, 6.07) is 15.5. The molecular weight excluding hydrogens is 390 g/mol. The second-order valence-corrected chi connectivity index (χ2v) is 8.04. The Morgan fingerprint density at radius 3 is 2.64 bits per heavy atom. The van der Waals surface area contributed by atoms with Crippen LogP contribution >= 0.6 is 24.0 Å². The summed E-state index contributed by atoms with van der Waals surface area (Å²) in [6.45, 7) is 3.26. The molecule has 1 heterocycles. The van der Waals surface area contributed by atoms with Gasteiger partial charge in [-0.15, -0.1) is 0 Å². The van der Waals surface area contributed by atoms with Crippen molar-refractivity contribution in [2.24, 2.45) is 0 Å². The molecule has 1 aliphatic rings. The molecule has 0 radical (unpaired) electrons. The van der Waals surface area contributed by atoms with E-state index in [1.807, 2.05) is 54.6 Å². The molecule has 1 saturated heterocycles. The number of methoxy groups -OCH3 is 1. The van der Waals surface area contributed by atoms with Gasteiger partial charge < -0.3 is 9.47 Å². The first kappa shape index (κ1) is 20.4. The van der Waals surface area contributed by atoms with Gasteiger partial charge in [0.15, 0.2) is 11.5 Å². The van der Waals surface area contributed by atoms with Gasteiger partial charge in [0.2, 0.25) is 0 Å². The molecule has 1 fully saturated rings. The molecule has 0 aromatic heterocycles. The number of carbonyl (C=O) groups excluding carboxylic acids is 1. The molecule has 28 heavy (non-hydrogen) atoms. The highest BCUT2D eigenvalue weighted by Gasteiger charge is 2.31. The Kier molecular flexibility index (Phi) is 7.12. The van der Waals surface area contributed by atoms with Gasteiger partial charge in [-0.05, 0) is 35.8 Å². The smallest absolute Gasteiger partial charge is 0.266 e. The van der Waals surface area contributed by atoms with E-state index in [0.717, 1.165) is 24.0 Å². The van der Waals surface area contributed by atoms with Crippen LogP contribution in [0.5, 0.6) is 11.5 Å². The maximum atomic E-state index is 12.8. The van der Waals surface area contributed by atoms with Gasteiger partial charge in [-0.25, -0.2) is 0 Å². The molecule has 146 valence electrons. The van der Waals surface area contributed by atoms with Crippen molar-refractivity contribution < 1.29 is 14.3 Å². The third kappa shape index (κ3) is 4.94. The van der Waals surface area contributed by atoms with Crippen LogP contribution in [0.4, 0.5) is 0 Å². The molecule has 1 aliphatic heterocycles. The third-order valence-corrected chi connectivity index (χ3v) is 5.68. The molecule has 1 amide bonds. The van der Waals surface area contributed by atoms with E-state index in [1.54, 1.807) is 12.0 Å². The van der Waals surface area contributed by atoms with Crippen molar-refractivity contribution in [3.05, 3.63) is 64.6 Å². The highest BCUT2D eigenvalue weighted by atomic mass is 32.2. The minimum atomic E-state index is -0.0684. The zero-order valence-corrected chi connectivity index (χ0v) is 17.6. The van der Waals surface area contributed by atoms with E-state index in [0.29, 0.717) is 33.9 Å². The van der Waals surface area contributed by atoms with Crippen molar-refractivity contribution >= 4 is 40.3 Å². The number of amides is 1. The summed E-state index contributed by atoms with van der Waals surface area (Å²) in [5.74, 6) is 1.30. The zero-order chi connectivity index (χ0) is 19.9. The maximum Gasteiger partial charge on any atom is 0.266 e. The summed E-state index contributed by atoms with van der Waals surface area (Å²) in [6.07, 6.45) is 3.92. The SMILES string of the molecule is CCCCOc1ccc(/C=C2/SC(=S)N(Cc3ccccc3)C2=O)cc1OC. The number of unbranched alkanes of at least 4 members (excludes halogenated alkanes) is 1. The predicted octanol–water partition coefficient (Wildman–Crippen LogP) is 5.28. The first-order valence-corrected chi connectivity index (χ1v) is 10.4. The maximum absolute atomic E-state index is 12.8. The lowest BCUT2D eigenvalue weighted by atomic mass is 10.1. The number of thiocarbonyl (C=S) groups is 1. The van der Waals surface area contributed by atoms with Gasteiger partial charge in [0.1, 0.15) is 4.32 Å². The number of rotatable bonds is 8. The van der Waals surface area contributed by atoms with E-state index in [4.69, 9.17) is 21.7 Å². The number of ether oxygens (including phenoxy) is 2. The van der Waals surface area contributed by atoms with Gasteiger partial charge in [-0.2, -0.15) is 0 Å². The Hall–Kier alpha value is -2.31. The number of thioether (sulfide) groups is 1. The Bertz CT molecular complexity index is 881. The Labute approximate surface area is 175 Å². The van der Waals surface area contributed by atoms with Gasteiger partial charge >= 0.3 is 0 Å². The van der Waals surface area contributed by atoms with E-state index in [9.17, 15) is 4.79 Å². The molecule has 6 heteroatoms. The molecule has 2 aromatic rings. The third-order valence-electron chi connectivity index (χ3n) is 4.30. The zero-order valence-electron chi connectivity index (χ0n) is 16.0. The number of hydrogen-bond acceptors (Lipinski definition) is 5. The Balaban J connectivity index is 1.76. The number of carbonyl (C=O) groups is 1. The Morgan fingerprint density at radius 1 is 1.14 bits per heavy atom. The number of hydrogen-bond donors (Lipinski definition) is 0. The average Bonchev–Trinajstić information content (AvgIpc) is 2.97. The fraction of sp³-hybridized carbons (Fsp3) is 0.273. The molecule has 0 bridgehead atoms. The second-order valence-electron chi connectivity index (χ2n) is 6.37. The lowest BCUT2D eigenvalue weighted by molar-refractivity contribution is -0.122. The number of nitrogens with zero attached hydrogens (tertiary/aromatic N) is 1. The van der Waals surface area contributed by atoms with Crippen molar-refractivity contribution in [3.63, 3.8) is 0 Å². The van der Waals surface area contributed by atoms with Gasteiger partial charge in [0, 0.05) is 0 Å². The lowest BCUT2D eigenvalue weighted by Crippen LogP contribution is -2.27. The average molecular weight is 414 g/mol. The monoisotopic (exact) mass is 413 g/mol. The predicted molar refractivity (Wildman–Crippen MR) is 119 cm³/mol. The summed E-state index contributed by atoms with van der Waals surface area (Å²) in [5, 5.41) is 0. The highest BCUT2D eigenvalue weighted by Crippen LogP contribution is 2.35. The van der Waals surface area contributed by atoms with Gasteiger partial charge in [-0.1, -0.05) is 73.7 Å².